The molecule has 1 aromatic heterocycles. The minimum absolute atomic E-state index is 0.506. The molecule has 0 spiro atoms. The van der Waals surface area contributed by atoms with E-state index in [2.05, 4.69) is 34.9 Å². The van der Waals surface area contributed by atoms with E-state index in [1.165, 1.54) is 5.57 Å². The summed E-state index contributed by atoms with van der Waals surface area (Å²) in [4.78, 5) is 11.6. The van der Waals surface area contributed by atoms with Gasteiger partial charge in [-0.05, 0) is 17.6 Å². The van der Waals surface area contributed by atoms with Gasteiger partial charge in [0, 0.05) is 6.21 Å². The summed E-state index contributed by atoms with van der Waals surface area (Å²) in [6.07, 6.45) is 5.77. The molecule has 2 rings (SSSR count). The molecule has 2 heterocycles. The molecule has 0 atom stereocenters. The van der Waals surface area contributed by atoms with E-state index in [-0.39, 0.29) is 0 Å². The van der Waals surface area contributed by atoms with Crippen LogP contribution in [0.5, 0.6) is 0 Å². The maximum absolute atomic E-state index is 4.32. The topological polar surface area (TPSA) is 41.0 Å². The van der Waals surface area contributed by atoms with E-state index in [0.717, 1.165) is 11.4 Å². The first-order valence-corrected chi connectivity index (χ1v) is 4.51. The molecule has 1 aromatic rings. The van der Waals surface area contributed by atoms with Crippen LogP contribution in [0.1, 0.15) is 25.2 Å². The van der Waals surface area contributed by atoms with Crippen molar-refractivity contribution in [3.63, 3.8) is 0 Å². The predicted molar refractivity (Wildman–Crippen MR) is 53.6 cm³/mol. The van der Waals surface area contributed by atoms with Gasteiger partial charge in [0.2, 0.25) is 0 Å². The minimum Gasteiger partial charge on any atom is -0.346 e. The molecule has 1 aliphatic rings. The number of aromatic amines is 1. The smallest absolute Gasteiger partial charge is 0.0929 e. The second-order valence-corrected chi connectivity index (χ2v) is 3.54. The van der Waals surface area contributed by atoms with Gasteiger partial charge in [0.25, 0.3) is 0 Å². The summed E-state index contributed by atoms with van der Waals surface area (Å²) in [7, 11) is 0. The Bertz CT molecular complexity index is 358. The third kappa shape index (κ3) is 1.54. The number of aliphatic imine (C=N–C) groups is 1. The average molecular weight is 175 g/mol. The summed E-state index contributed by atoms with van der Waals surface area (Å²) in [5, 5.41) is 0. The Morgan fingerprint density at radius 3 is 3.08 bits per heavy atom. The highest BCUT2D eigenvalue weighted by molar-refractivity contribution is 5.86. The highest BCUT2D eigenvalue weighted by Gasteiger charge is 2.08. The Morgan fingerprint density at radius 1 is 1.46 bits per heavy atom. The van der Waals surface area contributed by atoms with Crippen LogP contribution in [-0.2, 0) is 6.54 Å². The van der Waals surface area contributed by atoms with Crippen LogP contribution in [0.2, 0.25) is 0 Å². The van der Waals surface area contributed by atoms with E-state index < -0.39 is 0 Å². The third-order valence-corrected chi connectivity index (χ3v) is 2.21. The monoisotopic (exact) mass is 175 g/mol. The van der Waals surface area contributed by atoms with Crippen LogP contribution in [0.3, 0.4) is 0 Å². The van der Waals surface area contributed by atoms with Crippen molar-refractivity contribution in [3.8, 4) is 0 Å². The molecule has 68 valence electrons. The van der Waals surface area contributed by atoms with Gasteiger partial charge in [-0.25, -0.2) is 4.98 Å². The number of imidazole rings is 1. The first kappa shape index (κ1) is 8.23. The van der Waals surface area contributed by atoms with Gasteiger partial charge in [-0.15, -0.1) is 0 Å². The van der Waals surface area contributed by atoms with Gasteiger partial charge in [-0.1, -0.05) is 13.8 Å². The molecular formula is C10H13N3. The van der Waals surface area contributed by atoms with Crippen LogP contribution >= 0.6 is 0 Å². The average Bonchev–Trinajstić information content (AvgIpc) is 2.42. The van der Waals surface area contributed by atoms with Crippen LogP contribution in [0, 0.1) is 5.92 Å². The highest BCUT2D eigenvalue weighted by atomic mass is 14.9. The lowest BCUT2D eigenvalue weighted by Gasteiger charge is -2.02. The standard InChI is InChI=1S/C10H13N3/c1-7(2)8-3-9-10(5-11-4-8)13-6-12-9/h3-4,6-7H,5H2,1-2H3,(H,12,13). The van der Waals surface area contributed by atoms with E-state index in [4.69, 9.17) is 0 Å². The van der Waals surface area contributed by atoms with Crippen molar-refractivity contribution < 1.29 is 0 Å². The second-order valence-electron chi connectivity index (χ2n) is 3.54. The zero-order valence-electron chi connectivity index (χ0n) is 7.91. The van der Waals surface area contributed by atoms with Gasteiger partial charge >= 0.3 is 0 Å². The maximum Gasteiger partial charge on any atom is 0.0929 e. The zero-order valence-corrected chi connectivity index (χ0v) is 7.91. The molecule has 0 saturated carbocycles. The summed E-state index contributed by atoms with van der Waals surface area (Å²) >= 11 is 0. The van der Waals surface area contributed by atoms with E-state index >= 15 is 0 Å². The number of H-pyrrole nitrogens is 1. The molecule has 13 heavy (non-hydrogen) atoms. The molecule has 0 saturated heterocycles. The molecule has 0 fully saturated rings. The fraction of sp³-hybridized carbons (Fsp3) is 0.400. The van der Waals surface area contributed by atoms with Gasteiger partial charge < -0.3 is 4.98 Å². The van der Waals surface area contributed by atoms with Gasteiger partial charge in [0.1, 0.15) is 0 Å². The number of aromatic nitrogens is 2. The molecule has 1 N–H and O–H groups in total. The van der Waals surface area contributed by atoms with Crippen LogP contribution in [0.4, 0.5) is 0 Å². The molecule has 1 aliphatic heterocycles. The molecule has 0 radical (unpaired) electrons. The Balaban J connectivity index is 2.42. The number of nitrogens with one attached hydrogen (secondary N) is 1. The van der Waals surface area contributed by atoms with E-state index in [9.17, 15) is 0 Å². The fourth-order valence-corrected chi connectivity index (χ4v) is 1.34. The number of fused-ring (bicyclic) bond motifs is 1. The van der Waals surface area contributed by atoms with Gasteiger partial charge in [0.05, 0.1) is 24.3 Å². The molecule has 3 heteroatoms. The summed E-state index contributed by atoms with van der Waals surface area (Å²) in [5.41, 5.74) is 3.37. The van der Waals surface area contributed by atoms with Gasteiger partial charge in [-0.2, -0.15) is 0 Å². The molecule has 3 nitrogen and oxygen atoms in total. The third-order valence-electron chi connectivity index (χ3n) is 2.21. The SMILES string of the molecule is CC(C)C1=Cc2nc[nH]c2CN=C1. The molecule has 0 unspecified atom stereocenters. The van der Waals surface area contributed by atoms with E-state index in [1.54, 1.807) is 6.33 Å². The molecule has 0 aromatic carbocycles. The van der Waals surface area contributed by atoms with Gasteiger partial charge in [-0.3, -0.25) is 4.99 Å². The molecule has 0 amide bonds. The minimum atomic E-state index is 0.506. The normalized spacial score (nSPS) is 15.5. The van der Waals surface area contributed by atoms with Crippen molar-refractivity contribution in [1.82, 2.24) is 9.97 Å². The number of hydrogen-bond donors (Lipinski definition) is 1. The number of rotatable bonds is 1. The first-order chi connectivity index (χ1) is 6.27. The van der Waals surface area contributed by atoms with Crippen molar-refractivity contribution in [2.24, 2.45) is 10.9 Å². The number of hydrogen-bond acceptors (Lipinski definition) is 2. The van der Waals surface area contributed by atoms with Crippen molar-refractivity contribution in [3.05, 3.63) is 23.3 Å². The van der Waals surface area contributed by atoms with Crippen LogP contribution in [0.15, 0.2) is 16.9 Å². The summed E-state index contributed by atoms with van der Waals surface area (Å²) in [6, 6.07) is 0. The number of nitrogens with zero attached hydrogens (tertiary/aromatic N) is 2. The predicted octanol–water partition coefficient (Wildman–Crippen LogP) is 2.03. The van der Waals surface area contributed by atoms with Crippen molar-refractivity contribution in [2.75, 3.05) is 0 Å². The first-order valence-electron chi connectivity index (χ1n) is 4.51. The maximum atomic E-state index is 4.32. The van der Waals surface area contributed by atoms with Crippen LogP contribution < -0.4 is 0 Å². The van der Waals surface area contributed by atoms with E-state index in [0.29, 0.717) is 12.5 Å². The largest absolute Gasteiger partial charge is 0.346 e. The van der Waals surface area contributed by atoms with Crippen LogP contribution in [-0.4, -0.2) is 16.2 Å². The van der Waals surface area contributed by atoms with E-state index in [1.807, 2.05) is 6.21 Å². The lowest BCUT2D eigenvalue weighted by molar-refractivity contribution is 0.811. The molecule has 0 bridgehead atoms. The van der Waals surface area contributed by atoms with Crippen molar-refractivity contribution in [2.45, 2.75) is 20.4 Å². The lowest BCUT2D eigenvalue weighted by atomic mass is 10.0. The van der Waals surface area contributed by atoms with Crippen molar-refractivity contribution >= 4 is 12.3 Å². The Morgan fingerprint density at radius 2 is 2.31 bits per heavy atom. The van der Waals surface area contributed by atoms with Gasteiger partial charge in [0.15, 0.2) is 0 Å². The lowest BCUT2D eigenvalue weighted by Crippen LogP contribution is -1.94. The highest BCUT2D eigenvalue weighted by Crippen LogP contribution is 2.17. The summed E-state index contributed by atoms with van der Waals surface area (Å²) in [5.74, 6) is 0.506. The molecule has 0 aliphatic carbocycles. The Kier molecular flexibility index (Phi) is 2.00. The second kappa shape index (κ2) is 3.17. The quantitative estimate of drug-likeness (QED) is 0.697. The zero-order chi connectivity index (χ0) is 9.26. The van der Waals surface area contributed by atoms with Crippen LogP contribution in [0.25, 0.3) is 6.08 Å². The van der Waals surface area contributed by atoms with Crippen molar-refractivity contribution in [1.29, 1.82) is 0 Å². The fourth-order valence-electron chi connectivity index (χ4n) is 1.34. The number of allylic oxidation sites excluding steroid dienone is 1. The Hall–Kier alpha value is -1.38. The molecular weight excluding hydrogens is 162 g/mol. The summed E-state index contributed by atoms with van der Waals surface area (Å²) in [6.45, 7) is 5.03. The summed E-state index contributed by atoms with van der Waals surface area (Å²) < 4.78 is 0. The Labute approximate surface area is 77.6 Å².